The molecule has 0 unspecified atom stereocenters. The molecule has 1 heterocycles. The summed E-state index contributed by atoms with van der Waals surface area (Å²) in [6.45, 7) is 4.58. The molecular formula is C21H25N3O3. The Balaban J connectivity index is 1.54. The van der Waals surface area contributed by atoms with Crippen LogP contribution in [0, 0.1) is 0 Å². The fraction of sp³-hybridized carbons (Fsp3) is 0.333. The van der Waals surface area contributed by atoms with E-state index in [1.54, 1.807) is 0 Å². The van der Waals surface area contributed by atoms with Gasteiger partial charge in [0.1, 0.15) is 11.6 Å². The summed E-state index contributed by atoms with van der Waals surface area (Å²) in [5.41, 5.74) is 2.05. The fourth-order valence-electron chi connectivity index (χ4n) is 2.90. The summed E-state index contributed by atoms with van der Waals surface area (Å²) in [7, 11) is 0. The predicted octanol–water partition coefficient (Wildman–Crippen LogP) is 2.81. The molecule has 3 aromatic rings. The monoisotopic (exact) mass is 367 g/mol. The molecule has 142 valence electrons. The van der Waals surface area contributed by atoms with E-state index in [4.69, 9.17) is 14.5 Å². The topological polar surface area (TPSA) is 65.4 Å². The molecular weight excluding hydrogens is 342 g/mol. The summed E-state index contributed by atoms with van der Waals surface area (Å²) in [4.78, 5) is 16.7. The highest BCUT2D eigenvalue weighted by Crippen LogP contribution is 2.16. The molecule has 0 aliphatic carbocycles. The summed E-state index contributed by atoms with van der Waals surface area (Å²) in [6.07, 6.45) is 0.651. The van der Waals surface area contributed by atoms with E-state index in [2.05, 4.69) is 16.0 Å². The molecule has 1 aromatic heterocycles. The molecule has 0 spiro atoms. The highest BCUT2D eigenvalue weighted by Gasteiger charge is 2.11. The van der Waals surface area contributed by atoms with E-state index in [1.807, 2.05) is 55.5 Å². The molecule has 6 heteroatoms. The summed E-state index contributed by atoms with van der Waals surface area (Å²) >= 11 is 0. The van der Waals surface area contributed by atoms with Crippen LogP contribution in [0.4, 0.5) is 0 Å². The minimum Gasteiger partial charge on any atom is -0.484 e. The van der Waals surface area contributed by atoms with Gasteiger partial charge in [-0.3, -0.25) is 4.79 Å². The van der Waals surface area contributed by atoms with Crippen molar-refractivity contribution in [3.8, 4) is 5.75 Å². The van der Waals surface area contributed by atoms with Crippen LogP contribution < -0.4 is 10.1 Å². The van der Waals surface area contributed by atoms with E-state index in [0.29, 0.717) is 31.9 Å². The number of imidazole rings is 1. The Bertz CT molecular complexity index is 861. The van der Waals surface area contributed by atoms with Gasteiger partial charge in [-0.2, -0.15) is 0 Å². The highest BCUT2D eigenvalue weighted by atomic mass is 16.5. The SMILES string of the molecule is CCOCCn1c(CCNC(=O)COc2ccccc2)nc2ccccc21. The first-order chi connectivity index (χ1) is 13.3. The molecule has 0 radical (unpaired) electrons. The maximum absolute atomic E-state index is 12.0. The number of nitrogens with one attached hydrogen (secondary N) is 1. The van der Waals surface area contributed by atoms with Crippen LogP contribution in [0.1, 0.15) is 12.7 Å². The number of carbonyl (C=O) groups is 1. The zero-order valence-electron chi connectivity index (χ0n) is 15.6. The van der Waals surface area contributed by atoms with Gasteiger partial charge >= 0.3 is 0 Å². The van der Waals surface area contributed by atoms with E-state index < -0.39 is 0 Å². The number of ether oxygens (including phenoxy) is 2. The summed E-state index contributed by atoms with van der Waals surface area (Å²) in [6, 6.07) is 17.4. The van der Waals surface area contributed by atoms with Gasteiger partial charge in [0, 0.05) is 26.1 Å². The van der Waals surface area contributed by atoms with Gasteiger partial charge in [-0.25, -0.2) is 4.98 Å². The molecule has 0 saturated carbocycles. The van der Waals surface area contributed by atoms with Gasteiger partial charge in [0.2, 0.25) is 0 Å². The molecule has 0 fully saturated rings. The van der Waals surface area contributed by atoms with Crippen molar-refractivity contribution in [1.29, 1.82) is 0 Å². The lowest BCUT2D eigenvalue weighted by atomic mass is 10.3. The van der Waals surface area contributed by atoms with Crippen LogP contribution in [0.5, 0.6) is 5.75 Å². The normalized spacial score (nSPS) is 10.9. The zero-order valence-corrected chi connectivity index (χ0v) is 15.6. The molecule has 1 amide bonds. The second-order valence-electron chi connectivity index (χ2n) is 6.07. The van der Waals surface area contributed by atoms with E-state index in [-0.39, 0.29) is 12.5 Å². The molecule has 0 aliphatic rings. The molecule has 3 rings (SSSR count). The molecule has 6 nitrogen and oxygen atoms in total. The van der Waals surface area contributed by atoms with Crippen LogP contribution in [0.25, 0.3) is 11.0 Å². The third-order valence-electron chi connectivity index (χ3n) is 4.18. The number of benzene rings is 2. The Hall–Kier alpha value is -2.86. The average Bonchev–Trinajstić information content (AvgIpc) is 3.05. The number of hydrogen-bond donors (Lipinski definition) is 1. The maximum Gasteiger partial charge on any atom is 0.257 e. The minimum atomic E-state index is -0.143. The van der Waals surface area contributed by atoms with Crippen molar-refractivity contribution in [1.82, 2.24) is 14.9 Å². The Morgan fingerprint density at radius 2 is 1.89 bits per heavy atom. The number of hydrogen-bond acceptors (Lipinski definition) is 4. The quantitative estimate of drug-likeness (QED) is 0.560. The number of amides is 1. The smallest absolute Gasteiger partial charge is 0.257 e. The number of fused-ring (bicyclic) bond motifs is 1. The third-order valence-corrected chi connectivity index (χ3v) is 4.18. The molecule has 2 aromatic carbocycles. The van der Waals surface area contributed by atoms with Gasteiger partial charge in [-0.15, -0.1) is 0 Å². The lowest BCUT2D eigenvalue weighted by Gasteiger charge is -2.10. The molecule has 0 saturated heterocycles. The van der Waals surface area contributed by atoms with Crippen LogP contribution in [0.2, 0.25) is 0 Å². The van der Waals surface area contributed by atoms with E-state index in [0.717, 1.165) is 23.4 Å². The van der Waals surface area contributed by atoms with Crippen molar-refractivity contribution in [3.63, 3.8) is 0 Å². The fourth-order valence-corrected chi connectivity index (χ4v) is 2.90. The van der Waals surface area contributed by atoms with Gasteiger partial charge in [0.25, 0.3) is 5.91 Å². The average molecular weight is 367 g/mol. The van der Waals surface area contributed by atoms with Crippen molar-refractivity contribution in [3.05, 3.63) is 60.4 Å². The molecule has 27 heavy (non-hydrogen) atoms. The lowest BCUT2D eigenvalue weighted by molar-refractivity contribution is -0.123. The number of para-hydroxylation sites is 3. The van der Waals surface area contributed by atoms with Crippen LogP contribution in [0.3, 0.4) is 0 Å². The Kier molecular flexibility index (Phi) is 6.82. The summed E-state index contributed by atoms with van der Waals surface area (Å²) < 4.78 is 13.1. The van der Waals surface area contributed by atoms with Crippen LogP contribution in [0.15, 0.2) is 54.6 Å². The standard InChI is InChI=1S/C21H25N3O3/c1-2-26-15-14-24-19-11-7-6-10-18(19)23-20(24)12-13-22-21(25)16-27-17-8-4-3-5-9-17/h3-11H,2,12-16H2,1H3,(H,22,25). The van der Waals surface area contributed by atoms with Gasteiger partial charge < -0.3 is 19.4 Å². The molecule has 0 atom stereocenters. The molecule has 0 aliphatic heterocycles. The second-order valence-corrected chi connectivity index (χ2v) is 6.07. The largest absolute Gasteiger partial charge is 0.484 e. The number of carbonyl (C=O) groups excluding carboxylic acids is 1. The van der Waals surface area contributed by atoms with E-state index >= 15 is 0 Å². The number of rotatable bonds is 10. The second kappa shape index (κ2) is 9.73. The number of aromatic nitrogens is 2. The van der Waals surface area contributed by atoms with Gasteiger partial charge in [0.05, 0.1) is 17.6 Å². The predicted molar refractivity (Wildman–Crippen MR) is 105 cm³/mol. The van der Waals surface area contributed by atoms with Crippen molar-refractivity contribution < 1.29 is 14.3 Å². The van der Waals surface area contributed by atoms with Gasteiger partial charge in [0.15, 0.2) is 6.61 Å². The first-order valence-corrected chi connectivity index (χ1v) is 9.24. The zero-order chi connectivity index (χ0) is 18.9. The third kappa shape index (κ3) is 5.31. The summed E-state index contributed by atoms with van der Waals surface area (Å²) in [5, 5.41) is 2.89. The van der Waals surface area contributed by atoms with Crippen LogP contribution in [-0.4, -0.2) is 41.8 Å². The first-order valence-electron chi connectivity index (χ1n) is 9.24. The molecule has 0 bridgehead atoms. The number of nitrogens with zero attached hydrogens (tertiary/aromatic N) is 2. The van der Waals surface area contributed by atoms with Crippen molar-refractivity contribution in [2.45, 2.75) is 19.9 Å². The first kappa shape index (κ1) is 18.9. The van der Waals surface area contributed by atoms with E-state index in [1.165, 1.54) is 0 Å². The van der Waals surface area contributed by atoms with Crippen molar-refractivity contribution in [2.24, 2.45) is 0 Å². The van der Waals surface area contributed by atoms with Gasteiger partial charge in [-0.05, 0) is 31.2 Å². The highest BCUT2D eigenvalue weighted by molar-refractivity contribution is 5.77. The Morgan fingerprint density at radius 3 is 2.70 bits per heavy atom. The molecule has 1 N–H and O–H groups in total. The van der Waals surface area contributed by atoms with Crippen LogP contribution in [-0.2, 0) is 22.5 Å². The van der Waals surface area contributed by atoms with E-state index in [9.17, 15) is 4.79 Å². The minimum absolute atomic E-state index is 0.00473. The maximum atomic E-state index is 12.0. The van der Waals surface area contributed by atoms with Crippen molar-refractivity contribution >= 4 is 16.9 Å². The summed E-state index contributed by atoms with van der Waals surface area (Å²) in [5.74, 6) is 1.49. The van der Waals surface area contributed by atoms with Crippen molar-refractivity contribution in [2.75, 3.05) is 26.4 Å². The lowest BCUT2D eigenvalue weighted by Crippen LogP contribution is -2.31. The van der Waals surface area contributed by atoms with Crippen LogP contribution >= 0.6 is 0 Å². The Morgan fingerprint density at radius 1 is 1.11 bits per heavy atom. The Labute approximate surface area is 159 Å². The van der Waals surface area contributed by atoms with Gasteiger partial charge in [-0.1, -0.05) is 30.3 Å².